The molecule has 1 heterocycles. The number of aromatic nitrogens is 2. The van der Waals surface area contributed by atoms with Gasteiger partial charge >= 0.3 is 0 Å². The molecule has 1 aliphatic carbocycles. The van der Waals surface area contributed by atoms with Gasteiger partial charge in [-0.3, -0.25) is 5.41 Å². The molecule has 0 saturated heterocycles. The van der Waals surface area contributed by atoms with Crippen LogP contribution >= 0.6 is 0 Å². The highest BCUT2D eigenvalue weighted by Gasteiger charge is 2.27. The number of nitrogens with zero attached hydrogens (tertiary/aromatic N) is 2. The molecule has 2 atom stereocenters. The van der Waals surface area contributed by atoms with Gasteiger partial charge in [0.15, 0.2) is 0 Å². The molecule has 2 unspecified atom stereocenters. The fraction of sp³-hybridized carbons (Fsp3) is 0.667. The van der Waals surface area contributed by atoms with E-state index < -0.39 is 0 Å². The number of hydrogen-bond acceptors (Lipinski definition) is 4. The first-order chi connectivity index (χ1) is 9.38. The van der Waals surface area contributed by atoms with Gasteiger partial charge in [0.05, 0.1) is 11.3 Å². The van der Waals surface area contributed by atoms with Crippen LogP contribution in [-0.2, 0) is 0 Å². The average molecular weight is 276 g/mol. The van der Waals surface area contributed by atoms with Gasteiger partial charge in [-0.25, -0.2) is 0 Å². The van der Waals surface area contributed by atoms with Crippen LogP contribution in [0, 0.1) is 31.1 Å². The predicted octanol–water partition coefficient (Wildman–Crippen LogP) is 2.58. The van der Waals surface area contributed by atoms with E-state index in [0.717, 1.165) is 24.1 Å². The van der Waals surface area contributed by atoms with Crippen molar-refractivity contribution >= 4 is 5.84 Å². The van der Waals surface area contributed by atoms with Crippen molar-refractivity contribution in [3.8, 4) is 5.88 Å². The van der Waals surface area contributed by atoms with Crippen LogP contribution in [-0.4, -0.2) is 22.1 Å². The van der Waals surface area contributed by atoms with Gasteiger partial charge < -0.3 is 10.5 Å². The molecule has 1 aliphatic rings. The highest BCUT2D eigenvalue weighted by Crippen LogP contribution is 2.32. The van der Waals surface area contributed by atoms with E-state index in [1.165, 1.54) is 6.42 Å². The lowest BCUT2D eigenvalue weighted by Crippen LogP contribution is -2.30. The first-order valence-electron chi connectivity index (χ1n) is 7.23. The van der Waals surface area contributed by atoms with Gasteiger partial charge in [0.25, 0.3) is 0 Å². The van der Waals surface area contributed by atoms with Crippen LogP contribution in [0.3, 0.4) is 0 Å². The molecule has 0 amide bonds. The Hall–Kier alpha value is -1.65. The Balaban J connectivity index is 2.25. The molecule has 0 aliphatic heterocycles. The number of aryl methyl sites for hydroxylation is 1. The maximum absolute atomic E-state index is 7.74. The Labute approximate surface area is 120 Å². The van der Waals surface area contributed by atoms with Crippen molar-refractivity contribution in [1.29, 1.82) is 5.41 Å². The van der Waals surface area contributed by atoms with Crippen molar-refractivity contribution < 1.29 is 4.74 Å². The van der Waals surface area contributed by atoms with Crippen LogP contribution in [0.2, 0.25) is 0 Å². The normalized spacial score (nSPS) is 26.3. The maximum atomic E-state index is 7.74. The molecular formula is C15H24N4O. The van der Waals surface area contributed by atoms with E-state index in [1.54, 1.807) is 0 Å². The highest BCUT2D eigenvalue weighted by molar-refractivity contribution is 5.98. The Bertz CT molecular complexity index is 505. The predicted molar refractivity (Wildman–Crippen MR) is 79.1 cm³/mol. The lowest BCUT2D eigenvalue weighted by molar-refractivity contribution is 0.0953. The summed E-state index contributed by atoms with van der Waals surface area (Å²) >= 11 is 0. The SMILES string of the molecule is Cc1nnc(OC2CC(C)CC(C)C2)c(C(=N)N)c1C. The lowest BCUT2D eigenvalue weighted by atomic mass is 9.82. The molecule has 1 aromatic heterocycles. The second-order valence-electron chi connectivity index (χ2n) is 6.16. The monoisotopic (exact) mass is 276 g/mol. The van der Waals surface area contributed by atoms with E-state index in [-0.39, 0.29) is 11.9 Å². The summed E-state index contributed by atoms with van der Waals surface area (Å²) in [5, 5.41) is 15.9. The van der Waals surface area contributed by atoms with Crippen molar-refractivity contribution in [1.82, 2.24) is 10.2 Å². The van der Waals surface area contributed by atoms with Crippen LogP contribution < -0.4 is 10.5 Å². The van der Waals surface area contributed by atoms with Crippen molar-refractivity contribution in [3.05, 3.63) is 16.8 Å². The second-order valence-corrected chi connectivity index (χ2v) is 6.16. The van der Waals surface area contributed by atoms with Crippen molar-refractivity contribution in [2.24, 2.45) is 17.6 Å². The third-order valence-electron chi connectivity index (χ3n) is 4.11. The van der Waals surface area contributed by atoms with Gasteiger partial charge in [-0.1, -0.05) is 13.8 Å². The summed E-state index contributed by atoms with van der Waals surface area (Å²) in [5.41, 5.74) is 7.93. The van der Waals surface area contributed by atoms with Crippen LogP contribution in [0.25, 0.3) is 0 Å². The van der Waals surface area contributed by atoms with E-state index in [4.69, 9.17) is 15.9 Å². The minimum Gasteiger partial charge on any atom is -0.473 e. The Morgan fingerprint density at radius 1 is 1.15 bits per heavy atom. The second kappa shape index (κ2) is 5.77. The quantitative estimate of drug-likeness (QED) is 0.656. The van der Waals surface area contributed by atoms with Crippen LogP contribution in [0.4, 0.5) is 0 Å². The van der Waals surface area contributed by atoms with E-state index in [2.05, 4.69) is 24.0 Å². The summed E-state index contributed by atoms with van der Waals surface area (Å²) in [7, 11) is 0. The summed E-state index contributed by atoms with van der Waals surface area (Å²) in [6.45, 7) is 8.27. The molecule has 0 bridgehead atoms. The smallest absolute Gasteiger partial charge is 0.245 e. The van der Waals surface area contributed by atoms with Crippen molar-refractivity contribution in [3.63, 3.8) is 0 Å². The Morgan fingerprint density at radius 3 is 2.30 bits per heavy atom. The molecule has 5 heteroatoms. The molecule has 1 fully saturated rings. The molecular weight excluding hydrogens is 252 g/mol. The van der Waals surface area contributed by atoms with Gasteiger partial charge in [0.2, 0.25) is 5.88 Å². The maximum Gasteiger partial charge on any atom is 0.245 e. The summed E-state index contributed by atoms with van der Waals surface area (Å²) in [6.07, 6.45) is 3.44. The van der Waals surface area contributed by atoms with E-state index >= 15 is 0 Å². The molecule has 1 saturated carbocycles. The van der Waals surface area contributed by atoms with Gasteiger partial charge in [0, 0.05) is 0 Å². The fourth-order valence-corrected chi connectivity index (χ4v) is 3.11. The standard InChI is InChI=1S/C15H24N4O/c1-8-5-9(2)7-12(6-8)20-15-13(14(16)17)10(3)11(4)18-19-15/h8-9,12H,5-7H2,1-4H3,(H3,16,17). The van der Waals surface area contributed by atoms with Crippen molar-refractivity contribution in [2.75, 3.05) is 0 Å². The van der Waals surface area contributed by atoms with Crippen LogP contribution in [0.1, 0.15) is 49.9 Å². The lowest BCUT2D eigenvalue weighted by Gasteiger charge is -2.31. The first kappa shape index (κ1) is 14.8. The largest absolute Gasteiger partial charge is 0.473 e. The van der Waals surface area contributed by atoms with Gasteiger partial charge in [-0.2, -0.15) is 5.10 Å². The number of nitrogens with two attached hydrogens (primary N) is 1. The van der Waals surface area contributed by atoms with E-state index in [0.29, 0.717) is 23.3 Å². The molecule has 1 aromatic rings. The van der Waals surface area contributed by atoms with Gasteiger partial charge in [-0.05, 0) is 50.5 Å². The fourth-order valence-electron chi connectivity index (χ4n) is 3.11. The zero-order valence-electron chi connectivity index (χ0n) is 12.7. The zero-order valence-corrected chi connectivity index (χ0v) is 12.7. The molecule has 0 spiro atoms. The zero-order chi connectivity index (χ0) is 14.9. The topological polar surface area (TPSA) is 84.9 Å². The summed E-state index contributed by atoms with van der Waals surface area (Å²) in [4.78, 5) is 0. The molecule has 0 aromatic carbocycles. The number of rotatable bonds is 3. The Kier molecular flexibility index (Phi) is 4.26. The number of nitrogen functional groups attached to an aromatic ring is 1. The first-order valence-corrected chi connectivity index (χ1v) is 7.23. The molecule has 20 heavy (non-hydrogen) atoms. The molecule has 2 rings (SSSR count). The minimum atomic E-state index is -0.00703. The summed E-state index contributed by atoms with van der Waals surface area (Å²) in [5.74, 6) is 1.72. The van der Waals surface area contributed by atoms with Crippen LogP contribution in [0.5, 0.6) is 5.88 Å². The summed E-state index contributed by atoms with van der Waals surface area (Å²) < 4.78 is 6.03. The Morgan fingerprint density at radius 2 is 1.75 bits per heavy atom. The number of ether oxygens (including phenoxy) is 1. The molecule has 110 valence electrons. The number of amidine groups is 1. The summed E-state index contributed by atoms with van der Waals surface area (Å²) in [6, 6.07) is 0. The third kappa shape index (κ3) is 3.08. The highest BCUT2D eigenvalue weighted by atomic mass is 16.5. The molecule has 0 radical (unpaired) electrons. The van der Waals surface area contributed by atoms with E-state index in [1.807, 2.05) is 13.8 Å². The molecule has 3 N–H and O–H groups in total. The third-order valence-corrected chi connectivity index (χ3v) is 4.11. The molecule has 5 nitrogen and oxygen atoms in total. The number of nitrogens with one attached hydrogen (secondary N) is 1. The number of hydrogen-bond donors (Lipinski definition) is 2. The van der Waals surface area contributed by atoms with E-state index in [9.17, 15) is 0 Å². The van der Waals surface area contributed by atoms with Crippen LogP contribution in [0.15, 0.2) is 0 Å². The van der Waals surface area contributed by atoms with Gasteiger partial charge in [0.1, 0.15) is 11.9 Å². The van der Waals surface area contributed by atoms with Gasteiger partial charge in [-0.15, -0.1) is 5.10 Å². The van der Waals surface area contributed by atoms with Crippen molar-refractivity contribution in [2.45, 2.75) is 53.1 Å². The minimum absolute atomic E-state index is 0.00703. The average Bonchev–Trinajstić information content (AvgIpc) is 2.32.